The van der Waals surface area contributed by atoms with E-state index in [0.29, 0.717) is 26.7 Å². The highest BCUT2D eigenvalue weighted by Crippen LogP contribution is 2.34. The monoisotopic (exact) mass is 347 g/mol. The number of benzene rings is 2. The molecule has 0 bridgehead atoms. The Morgan fingerprint density at radius 2 is 1.92 bits per heavy atom. The van der Waals surface area contributed by atoms with E-state index in [0.717, 1.165) is 5.56 Å². The third-order valence-electron chi connectivity index (χ3n) is 3.91. The molecule has 124 valence electrons. The Hall–Kier alpha value is -2.94. The standard InChI is InChI=1S/C15H13N3O5S/c1-8-4-11-12(6-10(8)16)18(15(19)17-11)24(20,21)9-2-3-13-14(5-9)23-7-22-13/h2-6H,7,16H2,1H3,(H,17,19). The molecule has 3 N–H and O–H groups in total. The molecule has 0 spiro atoms. The van der Waals surface area contributed by atoms with E-state index in [4.69, 9.17) is 15.2 Å². The van der Waals surface area contributed by atoms with Gasteiger partial charge in [-0.3, -0.25) is 0 Å². The topological polar surface area (TPSA) is 116 Å². The van der Waals surface area contributed by atoms with Gasteiger partial charge in [-0.15, -0.1) is 0 Å². The van der Waals surface area contributed by atoms with E-state index in [1.165, 1.54) is 24.3 Å². The predicted molar refractivity (Wildman–Crippen MR) is 86.9 cm³/mol. The Kier molecular flexibility index (Phi) is 2.91. The van der Waals surface area contributed by atoms with Gasteiger partial charge < -0.3 is 20.2 Å². The maximum atomic E-state index is 12.9. The molecule has 8 nitrogen and oxygen atoms in total. The maximum Gasteiger partial charge on any atom is 0.340 e. The van der Waals surface area contributed by atoms with Crippen LogP contribution in [0, 0.1) is 6.92 Å². The average Bonchev–Trinajstić information content (AvgIpc) is 3.10. The van der Waals surface area contributed by atoms with Crippen molar-refractivity contribution in [2.75, 3.05) is 12.5 Å². The minimum Gasteiger partial charge on any atom is -0.454 e. The first-order valence-electron chi connectivity index (χ1n) is 7.04. The van der Waals surface area contributed by atoms with Crippen LogP contribution < -0.4 is 20.9 Å². The summed E-state index contributed by atoms with van der Waals surface area (Å²) in [6.45, 7) is 1.80. The molecule has 2 aromatic carbocycles. The Bertz CT molecular complexity index is 1140. The summed E-state index contributed by atoms with van der Waals surface area (Å²) in [4.78, 5) is 14.7. The molecule has 1 aliphatic heterocycles. The summed E-state index contributed by atoms with van der Waals surface area (Å²) in [5, 5.41) is 0. The van der Waals surface area contributed by atoms with Gasteiger partial charge in [0.25, 0.3) is 10.0 Å². The van der Waals surface area contributed by atoms with Crippen molar-refractivity contribution in [2.45, 2.75) is 11.8 Å². The number of aromatic nitrogens is 2. The van der Waals surface area contributed by atoms with Crippen LogP contribution in [0.5, 0.6) is 11.5 Å². The molecule has 1 aliphatic rings. The van der Waals surface area contributed by atoms with Crippen molar-refractivity contribution in [3.63, 3.8) is 0 Å². The number of rotatable bonds is 2. The van der Waals surface area contributed by atoms with Gasteiger partial charge in [0.15, 0.2) is 11.5 Å². The number of nitrogens with zero attached hydrogens (tertiary/aromatic N) is 1. The zero-order valence-corrected chi connectivity index (χ0v) is 13.4. The smallest absolute Gasteiger partial charge is 0.340 e. The summed E-state index contributed by atoms with van der Waals surface area (Å²) < 4.78 is 36.9. The summed E-state index contributed by atoms with van der Waals surface area (Å²) in [5.41, 5.74) is 6.84. The van der Waals surface area contributed by atoms with Gasteiger partial charge in [0.05, 0.1) is 15.9 Å². The largest absolute Gasteiger partial charge is 0.454 e. The summed E-state index contributed by atoms with van der Waals surface area (Å²) >= 11 is 0. The Balaban J connectivity index is 1.98. The van der Waals surface area contributed by atoms with Gasteiger partial charge in [-0.2, -0.15) is 3.97 Å². The van der Waals surface area contributed by atoms with E-state index >= 15 is 0 Å². The molecule has 0 saturated heterocycles. The molecule has 1 aromatic heterocycles. The Morgan fingerprint density at radius 3 is 2.71 bits per heavy atom. The lowest BCUT2D eigenvalue weighted by Crippen LogP contribution is -2.25. The van der Waals surface area contributed by atoms with Crippen LogP contribution in [0.25, 0.3) is 11.0 Å². The van der Waals surface area contributed by atoms with Gasteiger partial charge in [0, 0.05) is 11.8 Å². The van der Waals surface area contributed by atoms with Gasteiger partial charge in [-0.25, -0.2) is 13.2 Å². The molecule has 0 saturated carbocycles. The molecule has 3 aromatic rings. The highest BCUT2D eigenvalue weighted by atomic mass is 32.2. The van der Waals surface area contributed by atoms with Gasteiger partial charge >= 0.3 is 5.69 Å². The Labute approximate surface area is 136 Å². The summed E-state index contributed by atoms with van der Waals surface area (Å²) in [6.07, 6.45) is 0. The van der Waals surface area contributed by atoms with Crippen molar-refractivity contribution in [1.29, 1.82) is 0 Å². The maximum absolute atomic E-state index is 12.9. The molecular formula is C15H13N3O5S. The fraction of sp³-hybridized carbons (Fsp3) is 0.133. The zero-order valence-electron chi connectivity index (χ0n) is 12.6. The molecular weight excluding hydrogens is 334 g/mol. The SMILES string of the molecule is Cc1cc2[nH]c(=O)n(S(=O)(=O)c3ccc4c(c3)OCO4)c2cc1N. The first kappa shape index (κ1) is 14.6. The minimum atomic E-state index is -4.12. The second-order valence-corrected chi connectivity index (χ2v) is 7.23. The van der Waals surface area contributed by atoms with Crippen LogP contribution in [0.3, 0.4) is 0 Å². The molecule has 0 atom stereocenters. The van der Waals surface area contributed by atoms with Crippen molar-refractivity contribution < 1.29 is 17.9 Å². The van der Waals surface area contributed by atoms with Crippen LogP contribution in [0.4, 0.5) is 5.69 Å². The number of hydrogen-bond donors (Lipinski definition) is 2. The molecule has 0 amide bonds. The average molecular weight is 347 g/mol. The summed E-state index contributed by atoms with van der Waals surface area (Å²) in [7, 11) is -4.12. The third kappa shape index (κ3) is 1.98. The predicted octanol–water partition coefficient (Wildman–Crippen LogP) is 1.19. The van der Waals surface area contributed by atoms with Gasteiger partial charge in [-0.05, 0) is 36.8 Å². The lowest BCUT2D eigenvalue weighted by molar-refractivity contribution is 0.174. The van der Waals surface area contributed by atoms with Crippen molar-refractivity contribution in [3.05, 3.63) is 46.4 Å². The number of imidazole rings is 1. The van der Waals surface area contributed by atoms with Gasteiger partial charge in [0.1, 0.15) is 0 Å². The number of aromatic amines is 1. The van der Waals surface area contributed by atoms with Crippen molar-refractivity contribution in [1.82, 2.24) is 8.96 Å². The van der Waals surface area contributed by atoms with Crippen molar-refractivity contribution >= 4 is 26.7 Å². The summed E-state index contributed by atoms with van der Waals surface area (Å²) in [5.74, 6) is 0.777. The molecule has 0 unspecified atom stereocenters. The van der Waals surface area contributed by atoms with Crippen LogP contribution >= 0.6 is 0 Å². The van der Waals surface area contributed by atoms with Gasteiger partial charge in [0.2, 0.25) is 6.79 Å². The number of anilines is 1. The number of nitrogens with one attached hydrogen (secondary N) is 1. The van der Waals surface area contributed by atoms with E-state index in [2.05, 4.69) is 4.98 Å². The molecule has 2 heterocycles. The molecule has 9 heteroatoms. The fourth-order valence-corrected chi connectivity index (χ4v) is 4.02. The second-order valence-electron chi connectivity index (χ2n) is 5.44. The number of H-pyrrole nitrogens is 1. The van der Waals surface area contributed by atoms with Crippen LogP contribution in [-0.2, 0) is 10.0 Å². The fourth-order valence-electron chi connectivity index (χ4n) is 2.64. The van der Waals surface area contributed by atoms with Crippen LogP contribution in [0.1, 0.15) is 5.56 Å². The lowest BCUT2D eigenvalue weighted by atomic mass is 10.2. The lowest BCUT2D eigenvalue weighted by Gasteiger charge is -2.07. The molecule has 0 aliphatic carbocycles. The minimum absolute atomic E-state index is 0.0294. The van der Waals surface area contributed by atoms with E-state index < -0.39 is 15.7 Å². The van der Waals surface area contributed by atoms with E-state index in [1.54, 1.807) is 13.0 Å². The first-order chi connectivity index (χ1) is 11.4. The van der Waals surface area contributed by atoms with E-state index in [1.807, 2.05) is 0 Å². The molecule has 0 fully saturated rings. The summed E-state index contributed by atoms with van der Waals surface area (Å²) in [6, 6.07) is 7.30. The number of nitrogens with two attached hydrogens (primary N) is 1. The number of aryl methyl sites for hydroxylation is 1. The van der Waals surface area contributed by atoms with E-state index in [9.17, 15) is 13.2 Å². The Morgan fingerprint density at radius 1 is 1.17 bits per heavy atom. The highest BCUT2D eigenvalue weighted by Gasteiger charge is 2.26. The second kappa shape index (κ2) is 4.78. The molecule has 24 heavy (non-hydrogen) atoms. The number of hydrogen-bond acceptors (Lipinski definition) is 6. The van der Waals surface area contributed by atoms with Gasteiger partial charge in [-0.1, -0.05) is 0 Å². The van der Waals surface area contributed by atoms with Crippen molar-refractivity contribution in [3.8, 4) is 11.5 Å². The normalized spacial score (nSPS) is 13.5. The number of ether oxygens (including phenoxy) is 2. The first-order valence-corrected chi connectivity index (χ1v) is 8.48. The van der Waals surface area contributed by atoms with Crippen LogP contribution in [-0.4, -0.2) is 24.2 Å². The zero-order chi connectivity index (χ0) is 17.1. The quantitative estimate of drug-likeness (QED) is 0.673. The molecule has 0 radical (unpaired) electrons. The highest BCUT2D eigenvalue weighted by molar-refractivity contribution is 7.90. The third-order valence-corrected chi connectivity index (χ3v) is 5.60. The van der Waals surface area contributed by atoms with Crippen molar-refractivity contribution in [2.24, 2.45) is 0 Å². The number of fused-ring (bicyclic) bond motifs is 2. The van der Waals surface area contributed by atoms with E-state index in [-0.39, 0.29) is 17.2 Å². The molecule has 4 rings (SSSR count). The number of nitrogen functional groups attached to an aromatic ring is 1. The van der Waals surface area contributed by atoms with Crippen LogP contribution in [0.2, 0.25) is 0 Å². The van der Waals surface area contributed by atoms with Crippen LogP contribution in [0.15, 0.2) is 40.0 Å².